The van der Waals surface area contributed by atoms with E-state index in [1.54, 1.807) is 11.3 Å². The second kappa shape index (κ2) is 8.43. The van der Waals surface area contributed by atoms with Gasteiger partial charge in [-0.3, -0.25) is 4.90 Å². The molecule has 0 aliphatic carbocycles. The molecule has 1 aromatic heterocycles. The monoisotopic (exact) mass is 293 g/mol. The average Bonchev–Trinajstić information content (AvgIpc) is 3.07. The molecule has 0 amide bonds. The molecule has 3 nitrogen and oxygen atoms in total. The number of nitrogens with zero attached hydrogens (tertiary/aromatic N) is 1. The van der Waals surface area contributed by atoms with Gasteiger partial charge in [0, 0.05) is 41.4 Å². The molecule has 0 spiro atoms. The maximum Gasteiger partial charge on any atom is 0.0540 e. The minimum atomic E-state index is 0.129. The van der Waals surface area contributed by atoms with Gasteiger partial charge in [-0.1, -0.05) is 11.8 Å². The fraction of sp³-hybridized carbons (Fsp3) is 0.625. The van der Waals surface area contributed by atoms with Gasteiger partial charge in [0.15, 0.2) is 0 Å². The molecule has 1 unspecified atom stereocenters. The van der Waals surface area contributed by atoms with E-state index in [2.05, 4.69) is 28.2 Å². The Morgan fingerprint density at radius 1 is 1.35 bits per heavy atom. The summed E-state index contributed by atoms with van der Waals surface area (Å²) in [5.41, 5.74) is 1.06. The zero-order valence-corrected chi connectivity index (χ0v) is 12.7. The summed E-state index contributed by atoms with van der Waals surface area (Å²) in [6.45, 7) is 2.60. The third kappa shape index (κ3) is 4.60. The minimum absolute atomic E-state index is 0.129. The van der Waals surface area contributed by atoms with Crippen molar-refractivity contribution in [3.8, 4) is 11.8 Å². The molecule has 0 radical (unpaired) electrons. The molecule has 2 heterocycles. The first-order valence-corrected chi connectivity index (χ1v) is 8.23. The third-order valence-electron chi connectivity index (χ3n) is 3.68. The van der Waals surface area contributed by atoms with Crippen LogP contribution in [0.2, 0.25) is 0 Å². The van der Waals surface area contributed by atoms with E-state index in [1.807, 2.05) is 0 Å². The van der Waals surface area contributed by atoms with E-state index < -0.39 is 0 Å². The lowest BCUT2D eigenvalue weighted by Gasteiger charge is -2.23. The fourth-order valence-corrected chi connectivity index (χ4v) is 3.55. The van der Waals surface area contributed by atoms with E-state index >= 15 is 0 Å². The van der Waals surface area contributed by atoms with Gasteiger partial charge in [0.1, 0.15) is 0 Å². The first-order valence-electron chi connectivity index (χ1n) is 7.35. The Balaban J connectivity index is 1.88. The van der Waals surface area contributed by atoms with Gasteiger partial charge in [0.05, 0.1) is 6.61 Å². The van der Waals surface area contributed by atoms with Crippen LogP contribution in [0, 0.1) is 11.8 Å². The zero-order valence-electron chi connectivity index (χ0n) is 11.8. The lowest BCUT2D eigenvalue weighted by atomic mass is 10.1. The zero-order chi connectivity index (χ0) is 14.2. The smallest absolute Gasteiger partial charge is 0.0540 e. The molecule has 110 valence electrons. The van der Waals surface area contributed by atoms with Gasteiger partial charge in [-0.25, -0.2) is 0 Å². The van der Waals surface area contributed by atoms with E-state index in [0.29, 0.717) is 19.1 Å². The Morgan fingerprint density at radius 3 is 3.05 bits per heavy atom. The van der Waals surface area contributed by atoms with Crippen LogP contribution >= 0.6 is 11.3 Å². The summed E-state index contributed by atoms with van der Waals surface area (Å²) in [7, 11) is 0. The van der Waals surface area contributed by atoms with Crippen molar-refractivity contribution in [2.45, 2.75) is 44.7 Å². The van der Waals surface area contributed by atoms with Crippen LogP contribution in [0.25, 0.3) is 0 Å². The molecule has 2 N–H and O–H groups in total. The highest BCUT2D eigenvalue weighted by molar-refractivity contribution is 7.10. The van der Waals surface area contributed by atoms with Gasteiger partial charge in [-0.15, -0.1) is 11.3 Å². The molecule has 1 aliphatic heterocycles. The van der Waals surface area contributed by atoms with E-state index in [4.69, 9.17) is 10.2 Å². The molecule has 4 heteroatoms. The van der Waals surface area contributed by atoms with Crippen LogP contribution in [0.3, 0.4) is 0 Å². The molecule has 1 atom stereocenters. The Morgan fingerprint density at radius 2 is 2.25 bits per heavy atom. The second-order valence-corrected chi connectivity index (χ2v) is 6.21. The summed E-state index contributed by atoms with van der Waals surface area (Å²) in [5.74, 6) is 6.05. The molecule has 0 saturated carbocycles. The number of hydrogen-bond donors (Lipinski definition) is 2. The lowest BCUT2D eigenvalue weighted by molar-refractivity contribution is 0.211. The molecule has 1 saturated heterocycles. The van der Waals surface area contributed by atoms with Crippen LogP contribution in [0.15, 0.2) is 11.4 Å². The number of likely N-dealkylation sites (tertiary alicyclic amines) is 1. The highest BCUT2D eigenvalue weighted by Crippen LogP contribution is 2.25. The van der Waals surface area contributed by atoms with Crippen molar-refractivity contribution in [2.75, 3.05) is 19.8 Å². The predicted octanol–water partition coefficient (Wildman–Crippen LogP) is 2.22. The van der Waals surface area contributed by atoms with Crippen LogP contribution in [0.4, 0.5) is 0 Å². The quantitative estimate of drug-likeness (QED) is 0.791. The molecule has 1 fully saturated rings. The summed E-state index contributed by atoms with van der Waals surface area (Å²) in [6, 6.07) is 2.80. The topological polar surface area (TPSA) is 43.7 Å². The number of aliphatic hydroxyl groups excluding tert-OH is 2. The van der Waals surface area contributed by atoms with E-state index in [-0.39, 0.29) is 6.61 Å². The predicted molar refractivity (Wildman–Crippen MR) is 82.7 cm³/mol. The lowest BCUT2D eigenvalue weighted by Crippen LogP contribution is -2.28. The summed E-state index contributed by atoms with van der Waals surface area (Å²) in [4.78, 5) is 3.89. The number of aliphatic hydroxyl groups is 2. The van der Waals surface area contributed by atoms with Crippen LogP contribution in [0.5, 0.6) is 0 Å². The molecule has 0 aromatic carbocycles. The van der Waals surface area contributed by atoms with Crippen LogP contribution in [-0.4, -0.2) is 40.9 Å². The van der Waals surface area contributed by atoms with Gasteiger partial charge in [-0.05, 0) is 38.3 Å². The Bertz CT molecular complexity index is 461. The Labute approximate surface area is 125 Å². The minimum Gasteiger partial charge on any atom is -0.396 e. The molecule has 20 heavy (non-hydrogen) atoms. The number of rotatable bonds is 6. The average molecular weight is 293 g/mol. The second-order valence-electron chi connectivity index (χ2n) is 5.21. The van der Waals surface area contributed by atoms with Gasteiger partial charge in [0.2, 0.25) is 0 Å². The normalized spacial score (nSPS) is 19.0. The molecule has 0 bridgehead atoms. The maximum absolute atomic E-state index is 8.96. The summed E-state index contributed by atoms with van der Waals surface area (Å²) < 4.78 is 0. The third-order valence-corrected chi connectivity index (χ3v) is 4.60. The standard InChI is InChI=1S/C16H23NO2S/c18-9-2-1-5-14-11-16(20-13-14)12-17-8-3-6-15(17)7-4-10-19/h11,13,15,18-19H,2-4,6-10,12H2. The highest BCUT2D eigenvalue weighted by Gasteiger charge is 2.24. The van der Waals surface area contributed by atoms with Crippen molar-refractivity contribution in [1.82, 2.24) is 4.90 Å². The Hall–Kier alpha value is -0.860. The molecule has 2 rings (SSSR count). The SMILES string of the molecule is OCCC#Cc1csc(CN2CCCC2CCCO)c1. The number of hydrogen-bond acceptors (Lipinski definition) is 4. The van der Waals surface area contributed by atoms with Crippen molar-refractivity contribution in [3.63, 3.8) is 0 Å². The summed E-state index contributed by atoms with van der Waals surface area (Å²) in [5, 5.41) is 19.8. The van der Waals surface area contributed by atoms with Gasteiger partial charge in [-0.2, -0.15) is 0 Å². The largest absolute Gasteiger partial charge is 0.396 e. The van der Waals surface area contributed by atoms with Crippen molar-refractivity contribution in [2.24, 2.45) is 0 Å². The molecular formula is C16H23NO2S. The van der Waals surface area contributed by atoms with Crippen LogP contribution in [0.1, 0.15) is 42.5 Å². The summed E-state index contributed by atoms with van der Waals surface area (Å²) in [6.07, 6.45) is 5.08. The van der Waals surface area contributed by atoms with Crippen molar-refractivity contribution < 1.29 is 10.2 Å². The summed E-state index contributed by atoms with van der Waals surface area (Å²) >= 11 is 1.76. The van der Waals surface area contributed by atoms with Crippen molar-refractivity contribution in [1.29, 1.82) is 0 Å². The first-order chi connectivity index (χ1) is 9.83. The van der Waals surface area contributed by atoms with Gasteiger partial charge >= 0.3 is 0 Å². The first kappa shape index (κ1) is 15.5. The van der Waals surface area contributed by atoms with E-state index in [0.717, 1.165) is 24.9 Å². The van der Waals surface area contributed by atoms with Crippen LogP contribution < -0.4 is 0 Å². The van der Waals surface area contributed by atoms with Crippen LogP contribution in [-0.2, 0) is 6.54 Å². The fourth-order valence-electron chi connectivity index (χ4n) is 2.71. The maximum atomic E-state index is 8.96. The molecule has 1 aromatic rings. The highest BCUT2D eigenvalue weighted by atomic mass is 32.1. The Kier molecular flexibility index (Phi) is 6.55. The molecular weight excluding hydrogens is 270 g/mol. The van der Waals surface area contributed by atoms with Crippen molar-refractivity contribution in [3.05, 3.63) is 21.9 Å². The molecule has 1 aliphatic rings. The van der Waals surface area contributed by atoms with Gasteiger partial charge in [0.25, 0.3) is 0 Å². The van der Waals surface area contributed by atoms with Crippen molar-refractivity contribution >= 4 is 11.3 Å². The van der Waals surface area contributed by atoms with Gasteiger partial charge < -0.3 is 10.2 Å². The number of thiophene rings is 1. The van der Waals surface area contributed by atoms with E-state index in [1.165, 1.54) is 24.3 Å². The van der Waals surface area contributed by atoms with E-state index in [9.17, 15) is 0 Å².